The van der Waals surface area contributed by atoms with Gasteiger partial charge in [0.2, 0.25) is 10.0 Å². The maximum absolute atomic E-state index is 13.1. The van der Waals surface area contributed by atoms with E-state index in [1.807, 2.05) is 47.8 Å². The summed E-state index contributed by atoms with van der Waals surface area (Å²) in [5, 5.41) is 10.9. The molecule has 2 aromatic carbocycles. The van der Waals surface area contributed by atoms with Crippen LogP contribution in [0.4, 0.5) is 0 Å². The number of carbonyl (C=O) groups is 1. The quantitative estimate of drug-likeness (QED) is 0.514. The lowest BCUT2D eigenvalue weighted by Crippen LogP contribution is -2.50. The number of H-pyrrole nitrogens is 1. The van der Waals surface area contributed by atoms with E-state index >= 15 is 0 Å². The average molecular weight is 453 g/mol. The minimum Gasteiger partial charge on any atom is -0.335 e. The molecular formula is C22H20N4O3S2. The Kier molecular flexibility index (Phi) is 5.09. The number of hydrogen-bond acceptors (Lipinski definition) is 5. The van der Waals surface area contributed by atoms with Crippen LogP contribution in [0.2, 0.25) is 0 Å². The standard InChI is InChI=1S/C22H20N4O3S2/c27-22(20-15-19(23-24-20)21-6-3-13-30-21)25-9-11-26(12-10-25)31(28,29)18-8-7-16-4-1-2-5-17(16)14-18/h1-8,13-15H,9-12H2,(H,23,24). The van der Waals surface area contributed by atoms with Crippen molar-refractivity contribution in [3.05, 3.63) is 71.7 Å². The monoisotopic (exact) mass is 452 g/mol. The smallest absolute Gasteiger partial charge is 0.274 e. The van der Waals surface area contributed by atoms with Crippen molar-refractivity contribution < 1.29 is 13.2 Å². The van der Waals surface area contributed by atoms with Crippen molar-refractivity contribution in [1.82, 2.24) is 19.4 Å². The number of fused-ring (bicyclic) bond motifs is 1. The summed E-state index contributed by atoms with van der Waals surface area (Å²) in [5.41, 5.74) is 1.14. The first-order chi connectivity index (χ1) is 15.0. The molecule has 9 heteroatoms. The van der Waals surface area contributed by atoms with E-state index in [-0.39, 0.29) is 23.9 Å². The Morgan fingerprint density at radius 1 is 0.935 bits per heavy atom. The van der Waals surface area contributed by atoms with Crippen LogP contribution in [0, 0.1) is 0 Å². The summed E-state index contributed by atoms with van der Waals surface area (Å²) in [5.74, 6) is -0.193. The molecule has 7 nitrogen and oxygen atoms in total. The number of aromatic amines is 1. The molecule has 158 valence electrons. The Morgan fingerprint density at radius 3 is 2.45 bits per heavy atom. The van der Waals surface area contributed by atoms with Crippen molar-refractivity contribution in [1.29, 1.82) is 0 Å². The van der Waals surface area contributed by atoms with Crippen molar-refractivity contribution in [3.8, 4) is 10.6 Å². The van der Waals surface area contributed by atoms with E-state index in [2.05, 4.69) is 10.2 Å². The molecule has 1 fully saturated rings. The molecule has 0 aliphatic carbocycles. The Hall–Kier alpha value is -3.01. The lowest BCUT2D eigenvalue weighted by atomic mass is 10.1. The molecule has 0 bridgehead atoms. The van der Waals surface area contributed by atoms with E-state index in [9.17, 15) is 13.2 Å². The van der Waals surface area contributed by atoms with Crippen molar-refractivity contribution in [2.75, 3.05) is 26.2 Å². The lowest BCUT2D eigenvalue weighted by molar-refractivity contribution is 0.0692. The number of carbonyl (C=O) groups excluding carboxylic acids is 1. The number of piperazine rings is 1. The second-order valence-electron chi connectivity index (χ2n) is 7.35. The number of rotatable bonds is 4. The Bertz CT molecular complexity index is 1340. The molecule has 0 radical (unpaired) electrons. The second-order valence-corrected chi connectivity index (χ2v) is 10.2. The van der Waals surface area contributed by atoms with Crippen molar-refractivity contribution in [3.63, 3.8) is 0 Å². The zero-order valence-corrected chi connectivity index (χ0v) is 18.2. The molecule has 5 rings (SSSR count). The van der Waals surface area contributed by atoms with E-state index in [0.29, 0.717) is 18.8 Å². The van der Waals surface area contributed by atoms with Crippen LogP contribution in [0.25, 0.3) is 21.3 Å². The maximum atomic E-state index is 13.1. The Labute approximate surface area is 184 Å². The molecule has 1 saturated heterocycles. The van der Waals surface area contributed by atoms with Gasteiger partial charge in [0.25, 0.3) is 5.91 Å². The maximum Gasteiger partial charge on any atom is 0.274 e. The molecule has 0 saturated carbocycles. The number of nitrogens with one attached hydrogen (secondary N) is 1. The summed E-state index contributed by atoms with van der Waals surface area (Å²) >= 11 is 1.57. The summed E-state index contributed by atoms with van der Waals surface area (Å²) in [6, 6.07) is 18.5. The molecule has 0 atom stereocenters. The summed E-state index contributed by atoms with van der Waals surface area (Å²) in [6.45, 7) is 1.16. The Balaban J connectivity index is 1.28. The van der Waals surface area contributed by atoms with Crippen LogP contribution in [0.15, 0.2) is 70.9 Å². The molecule has 0 unspecified atom stereocenters. The summed E-state index contributed by atoms with van der Waals surface area (Å²) in [7, 11) is -3.62. The molecule has 2 aromatic heterocycles. The number of benzene rings is 2. The third kappa shape index (κ3) is 3.76. The van der Waals surface area contributed by atoms with Gasteiger partial charge in [0.15, 0.2) is 5.69 Å². The molecular weight excluding hydrogens is 432 g/mol. The largest absolute Gasteiger partial charge is 0.335 e. The minimum absolute atomic E-state index is 0.193. The van der Waals surface area contributed by atoms with Gasteiger partial charge in [-0.3, -0.25) is 9.89 Å². The van der Waals surface area contributed by atoms with Crippen LogP contribution in [0.3, 0.4) is 0 Å². The van der Waals surface area contributed by atoms with Crippen LogP contribution in [-0.2, 0) is 10.0 Å². The van der Waals surface area contributed by atoms with Crippen molar-refractivity contribution in [2.24, 2.45) is 0 Å². The Morgan fingerprint density at radius 2 is 1.71 bits per heavy atom. The van der Waals surface area contributed by atoms with Crippen LogP contribution in [0.5, 0.6) is 0 Å². The van der Waals surface area contributed by atoms with E-state index in [1.165, 1.54) is 4.31 Å². The number of nitrogens with zero attached hydrogens (tertiary/aromatic N) is 3. The second kappa shape index (κ2) is 7.92. The molecule has 1 aliphatic rings. The molecule has 1 amide bonds. The van der Waals surface area contributed by atoms with Gasteiger partial charge in [-0.1, -0.05) is 36.4 Å². The fourth-order valence-corrected chi connectivity index (χ4v) is 5.91. The highest BCUT2D eigenvalue weighted by molar-refractivity contribution is 7.89. The topological polar surface area (TPSA) is 86.4 Å². The molecule has 31 heavy (non-hydrogen) atoms. The van der Waals surface area contributed by atoms with E-state index < -0.39 is 10.0 Å². The fourth-order valence-electron chi connectivity index (χ4n) is 3.76. The normalized spacial score (nSPS) is 15.4. The SMILES string of the molecule is O=C(c1cc(-c2cccs2)[nH]n1)N1CCN(S(=O)(=O)c2ccc3ccccc3c2)CC1. The highest BCUT2D eigenvalue weighted by Crippen LogP contribution is 2.25. The predicted molar refractivity (Wildman–Crippen MR) is 121 cm³/mol. The molecule has 0 spiro atoms. The lowest BCUT2D eigenvalue weighted by Gasteiger charge is -2.33. The van der Waals surface area contributed by atoms with Crippen LogP contribution >= 0.6 is 11.3 Å². The first kappa shape index (κ1) is 19.9. The summed E-state index contributed by atoms with van der Waals surface area (Å²) in [6.07, 6.45) is 0. The van der Waals surface area contributed by atoms with E-state index in [0.717, 1.165) is 21.3 Å². The van der Waals surface area contributed by atoms with Gasteiger partial charge in [-0.2, -0.15) is 9.40 Å². The summed E-state index contributed by atoms with van der Waals surface area (Å²) in [4.78, 5) is 15.8. The number of sulfonamides is 1. The van der Waals surface area contributed by atoms with Gasteiger partial charge >= 0.3 is 0 Å². The molecule has 4 aromatic rings. The predicted octanol–water partition coefficient (Wildman–Crippen LogP) is 3.44. The first-order valence-corrected chi connectivity index (χ1v) is 12.2. The number of aromatic nitrogens is 2. The van der Waals surface area contributed by atoms with Gasteiger partial charge in [0.1, 0.15) is 0 Å². The third-order valence-corrected chi connectivity index (χ3v) is 8.27. The number of hydrogen-bond donors (Lipinski definition) is 1. The number of amides is 1. The van der Waals surface area contributed by atoms with Gasteiger partial charge in [-0.05, 0) is 40.4 Å². The average Bonchev–Trinajstić information content (AvgIpc) is 3.50. The van der Waals surface area contributed by atoms with Gasteiger partial charge in [-0.25, -0.2) is 8.42 Å². The van der Waals surface area contributed by atoms with Gasteiger partial charge in [0.05, 0.1) is 15.5 Å². The van der Waals surface area contributed by atoms with Crippen molar-refractivity contribution >= 4 is 38.0 Å². The molecule has 1 aliphatic heterocycles. The van der Waals surface area contributed by atoms with E-state index in [1.54, 1.807) is 34.4 Å². The van der Waals surface area contributed by atoms with Crippen LogP contribution < -0.4 is 0 Å². The molecule has 3 heterocycles. The molecule has 1 N–H and O–H groups in total. The highest BCUT2D eigenvalue weighted by atomic mass is 32.2. The summed E-state index contributed by atoms with van der Waals surface area (Å²) < 4.78 is 27.7. The van der Waals surface area contributed by atoms with Crippen molar-refractivity contribution in [2.45, 2.75) is 4.90 Å². The van der Waals surface area contributed by atoms with Crippen LogP contribution in [0.1, 0.15) is 10.5 Å². The van der Waals surface area contributed by atoms with Gasteiger partial charge in [-0.15, -0.1) is 11.3 Å². The fraction of sp³-hybridized carbons (Fsp3) is 0.182. The highest BCUT2D eigenvalue weighted by Gasteiger charge is 2.31. The van der Waals surface area contributed by atoms with Gasteiger partial charge < -0.3 is 4.90 Å². The third-order valence-electron chi connectivity index (χ3n) is 5.47. The zero-order valence-electron chi connectivity index (χ0n) is 16.6. The van der Waals surface area contributed by atoms with Crippen LogP contribution in [-0.4, -0.2) is 59.9 Å². The zero-order chi connectivity index (χ0) is 21.4. The number of thiophene rings is 1. The van der Waals surface area contributed by atoms with E-state index in [4.69, 9.17) is 0 Å². The first-order valence-electron chi connectivity index (χ1n) is 9.90. The van der Waals surface area contributed by atoms with Gasteiger partial charge in [0, 0.05) is 26.2 Å². The minimum atomic E-state index is -3.62.